The van der Waals surface area contributed by atoms with Crippen molar-refractivity contribution in [2.24, 2.45) is 5.73 Å². The number of nitrogens with zero attached hydrogens (tertiary/aromatic N) is 4. The molecule has 10 heteroatoms. The summed E-state index contributed by atoms with van der Waals surface area (Å²) >= 11 is 0. The van der Waals surface area contributed by atoms with Gasteiger partial charge in [-0.15, -0.1) is 10.2 Å². The van der Waals surface area contributed by atoms with Crippen LogP contribution in [0.4, 0.5) is 27.5 Å². The monoisotopic (exact) mass is 437 g/mol. The van der Waals surface area contributed by atoms with E-state index in [2.05, 4.69) is 37.8 Å². The van der Waals surface area contributed by atoms with Crippen molar-refractivity contribution in [1.29, 1.82) is 0 Å². The van der Waals surface area contributed by atoms with Gasteiger partial charge in [-0.1, -0.05) is 12.1 Å². The molecule has 0 bridgehead atoms. The smallest absolute Gasteiger partial charge is 0.273 e. The summed E-state index contributed by atoms with van der Waals surface area (Å²) in [5, 5.41) is 13.8. The number of primary amides is 1. The first kappa shape index (κ1) is 21.4. The van der Waals surface area contributed by atoms with Crippen molar-refractivity contribution in [2.75, 3.05) is 31.3 Å². The Morgan fingerprint density at radius 2 is 2.03 bits per heavy atom. The van der Waals surface area contributed by atoms with Gasteiger partial charge in [-0.2, -0.15) is 4.98 Å². The topological polar surface area (TPSA) is 118 Å². The molecular formula is C22H24FN7O2. The van der Waals surface area contributed by atoms with E-state index in [1.807, 2.05) is 12.1 Å². The largest absolute Gasteiger partial charge is 0.495 e. The molecule has 0 saturated carbocycles. The number of rotatable bonds is 6. The molecule has 0 unspecified atom stereocenters. The summed E-state index contributed by atoms with van der Waals surface area (Å²) < 4.78 is 19.9. The summed E-state index contributed by atoms with van der Waals surface area (Å²) in [6.45, 7) is 3.53. The normalized spacial score (nSPS) is 13.4. The number of amides is 1. The maximum Gasteiger partial charge on any atom is 0.273 e. The number of aryl methyl sites for hydroxylation is 1. The second-order valence-corrected chi connectivity index (χ2v) is 7.69. The van der Waals surface area contributed by atoms with Gasteiger partial charge in [0.25, 0.3) is 5.91 Å². The van der Waals surface area contributed by atoms with Crippen LogP contribution in [0.25, 0.3) is 0 Å². The molecule has 0 radical (unpaired) electrons. The number of likely N-dealkylation sites (N-methyl/N-ethyl adjacent to an activating group) is 1. The molecule has 3 aromatic rings. The molecule has 9 nitrogen and oxygen atoms in total. The summed E-state index contributed by atoms with van der Waals surface area (Å²) in [6.07, 6.45) is 0.934. The van der Waals surface area contributed by atoms with Gasteiger partial charge < -0.3 is 26.0 Å². The molecule has 2 aromatic carbocycles. The first-order chi connectivity index (χ1) is 15.4. The van der Waals surface area contributed by atoms with Gasteiger partial charge in [-0.25, -0.2) is 4.39 Å². The van der Waals surface area contributed by atoms with Crippen LogP contribution in [0.15, 0.2) is 30.3 Å². The number of halogens is 1. The summed E-state index contributed by atoms with van der Waals surface area (Å²) in [6, 6.07) is 8.62. The van der Waals surface area contributed by atoms with Crippen LogP contribution in [-0.4, -0.2) is 46.7 Å². The van der Waals surface area contributed by atoms with E-state index in [4.69, 9.17) is 10.5 Å². The molecule has 32 heavy (non-hydrogen) atoms. The van der Waals surface area contributed by atoms with Crippen molar-refractivity contribution < 1.29 is 13.9 Å². The van der Waals surface area contributed by atoms with E-state index in [1.54, 1.807) is 26.2 Å². The number of carbonyl (C=O) groups excluding carboxylic acids is 1. The van der Waals surface area contributed by atoms with Crippen LogP contribution in [0.2, 0.25) is 0 Å². The lowest BCUT2D eigenvalue weighted by Crippen LogP contribution is -2.26. The molecule has 0 fully saturated rings. The Morgan fingerprint density at radius 1 is 1.22 bits per heavy atom. The zero-order valence-electron chi connectivity index (χ0n) is 18.1. The quantitative estimate of drug-likeness (QED) is 0.539. The summed E-state index contributed by atoms with van der Waals surface area (Å²) in [5.74, 6) is -0.583. The Kier molecular flexibility index (Phi) is 5.87. The third-order valence-corrected chi connectivity index (χ3v) is 5.36. The van der Waals surface area contributed by atoms with Crippen molar-refractivity contribution in [3.05, 3.63) is 58.5 Å². The van der Waals surface area contributed by atoms with Gasteiger partial charge >= 0.3 is 0 Å². The van der Waals surface area contributed by atoms with Crippen molar-refractivity contribution in [1.82, 2.24) is 20.1 Å². The van der Waals surface area contributed by atoms with Gasteiger partial charge in [0.05, 0.1) is 18.5 Å². The fourth-order valence-electron chi connectivity index (χ4n) is 3.66. The highest BCUT2D eigenvalue weighted by atomic mass is 19.1. The molecule has 1 aromatic heterocycles. The van der Waals surface area contributed by atoms with Crippen LogP contribution in [0, 0.1) is 12.7 Å². The van der Waals surface area contributed by atoms with Crippen LogP contribution in [0.1, 0.15) is 27.2 Å². The molecule has 2 heterocycles. The summed E-state index contributed by atoms with van der Waals surface area (Å²) in [5.41, 5.74) is 9.09. The Balaban J connectivity index is 1.70. The average molecular weight is 437 g/mol. The van der Waals surface area contributed by atoms with E-state index < -0.39 is 11.7 Å². The second kappa shape index (κ2) is 8.75. The molecule has 4 N–H and O–H groups in total. The van der Waals surface area contributed by atoms with E-state index in [9.17, 15) is 9.18 Å². The third-order valence-electron chi connectivity index (χ3n) is 5.36. The van der Waals surface area contributed by atoms with Crippen LogP contribution in [0.3, 0.4) is 0 Å². The number of methoxy groups -OCH3 is 1. The Hall–Kier alpha value is -3.79. The summed E-state index contributed by atoms with van der Waals surface area (Å²) in [7, 11) is 3.66. The fraction of sp³-hybridized carbons (Fsp3) is 0.273. The number of aromatic nitrogens is 3. The molecule has 4 rings (SSSR count). The van der Waals surface area contributed by atoms with Crippen LogP contribution < -0.4 is 21.1 Å². The molecule has 166 valence electrons. The van der Waals surface area contributed by atoms with Gasteiger partial charge in [-0.3, -0.25) is 4.79 Å². The maximum atomic E-state index is 14.3. The number of nitrogens with two attached hydrogens (primary N) is 1. The molecule has 0 aliphatic carbocycles. The molecule has 1 amide bonds. The van der Waals surface area contributed by atoms with Crippen LogP contribution >= 0.6 is 0 Å². The molecule has 1 aliphatic heterocycles. The zero-order chi connectivity index (χ0) is 22.8. The van der Waals surface area contributed by atoms with Crippen LogP contribution in [-0.2, 0) is 13.0 Å². The van der Waals surface area contributed by atoms with Crippen molar-refractivity contribution in [3.8, 4) is 5.75 Å². The maximum absolute atomic E-state index is 14.3. The SMILES string of the molecule is COc1cc2c(cc1Nc1nnc(C(N)=O)c(Nc3c(C)cccc3F)n1)CN(C)CC2. The van der Waals surface area contributed by atoms with E-state index in [1.165, 1.54) is 17.2 Å². The van der Waals surface area contributed by atoms with Gasteiger partial charge in [0, 0.05) is 13.1 Å². The minimum Gasteiger partial charge on any atom is -0.495 e. The highest BCUT2D eigenvalue weighted by Crippen LogP contribution is 2.33. The van der Waals surface area contributed by atoms with Gasteiger partial charge in [-0.05, 0) is 55.3 Å². The van der Waals surface area contributed by atoms with E-state index in [0.717, 1.165) is 19.5 Å². The number of carbonyl (C=O) groups is 1. The highest BCUT2D eigenvalue weighted by molar-refractivity contribution is 5.96. The van der Waals surface area contributed by atoms with Crippen LogP contribution in [0.5, 0.6) is 5.75 Å². The van der Waals surface area contributed by atoms with Gasteiger partial charge in [0.1, 0.15) is 11.6 Å². The van der Waals surface area contributed by atoms with Crippen molar-refractivity contribution in [2.45, 2.75) is 19.9 Å². The Labute approximate surface area is 184 Å². The predicted octanol–water partition coefficient (Wildman–Crippen LogP) is 2.90. The van der Waals surface area contributed by atoms with Gasteiger partial charge in [0.15, 0.2) is 11.5 Å². The fourth-order valence-corrected chi connectivity index (χ4v) is 3.66. The number of benzene rings is 2. The summed E-state index contributed by atoms with van der Waals surface area (Å²) in [4.78, 5) is 18.4. The van der Waals surface area contributed by atoms with E-state index >= 15 is 0 Å². The number of nitrogens with one attached hydrogen (secondary N) is 2. The van der Waals surface area contributed by atoms with Gasteiger partial charge in [0.2, 0.25) is 5.95 Å². The molecule has 0 saturated heterocycles. The van der Waals surface area contributed by atoms with E-state index in [-0.39, 0.29) is 23.1 Å². The highest BCUT2D eigenvalue weighted by Gasteiger charge is 2.20. The molecule has 0 spiro atoms. The number of anilines is 4. The standard InChI is InChI=1S/C22H24FN7O2/c1-12-5-4-6-15(23)18(12)26-21-19(20(24)31)28-29-22(27-21)25-16-9-14-11-30(2)8-7-13(14)10-17(16)32-3/h4-6,9-10H,7-8,11H2,1-3H3,(H2,24,31)(H2,25,26,27,29). The lowest BCUT2D eigenvalue weighted by atomic mass is 9.99. The zero-order valence-corrected chi connectivity index (χ0v) is 18.1. The van der Waals surface area contributed by atoms with E-state index in [0.29, 0.717) is 17.0 Å². The minimum atomic E-state index is -0.831. The molecule has 0 atom stereocenters. The number of hydrogen-bond acceptors (Lipinski definition) is 8. The average Bonchev–Trinajstić information content (AvgIpc) is 2.76. The predicted molar refractivity (Wildman–Crippen MR) is 119 cm³/mol. The van der Waals surface area contributed by atoms with Crippen molar-refractivity contribution >= 4 is 29.0 Å². The number of fused-ring (bicyclic) bond motifs is 1. The lowest BCUT2D eigenvalue weighted by molar-refractivity contribution is 0.0995. The lowest BCUT2D eigenvalue weighted by Gasteiger charge is -2.26. The first-order valence-corrected chi connectivity index (χ1v) is 10.1. The molecule has 1 aliphatic rings. The molecular weight excluding hydrogens is 413 g/mol. The Morgan fingerprint density at radius 3 is 2.75 bits per heavy atom. The number of hydrogen-bond donors (Lipinski definition) is 3. The second-order valence-electron chi connectivity index (χ2n) is 7.69. The third kappa shape index (κ3) is 4.30. The number of para-hydroxylation sites is 1. The van der Waals surface area contributed by atoms with Crippen molar-refractivity contribution in [3.63, 3.8) is 0 Å². The number of ether oxygens (including phenoxy) is 1. The first-order valence-electron chi connectivity index (χ1n) is 10.1. The Bertz CT molecular complexity index is 1160. The minimum absolute atomic E-state index is 0.000129.